The predicted molar refractivity (Wildman–Crippen MR) is 71.9 cm³/mol. The van der Waals surface area contributed by atoms with Gasteiger partial charge >= 0.3 is 5.97 Å². The number of carboxylic acids is 1. The van der Waals surface area contributed by atoms with E-state index in [1.165, 1.54) is 6.33 Å². The van der Waals surface area contributed by atoms with Crippen molar-refractivity contribution in [3.05, 3.63) is 17.8 Å². The lowest BCUT2D eigenvalue weighted by atomic mass is 10.0. The van der Waals surface area contributed by atoms with Gasteiger partial charge in [-0.05, 0) is 17.9 Å². The Balaban J connectivity index is 2.09. The SMILES string of the molecule is CCCC(CNc1ncnc2sccc12)C(=O)O. The van der Waals surface area contributed by atoms with Gasteiger partial charge in [0.1, 0.15) is 17.0 Å². The molecule has 1 unspecified atom stereocenters. The zero-order valence-electron chi connectivity index (χ0n) is 10.1. The monoisotopic (exact) mass is 265 g/mol. The van der Waals surface area contributed by atoms with E-state index in [9.17, 15) is 4.79 Å². The number of rotatable bonds is 6. The maximum absolute atomic E-state index is 11.1. The van der Waals surface area contributed by atoms with E-state index in [4.69, 9.17) is 5.11 Å². The van der Waals surface area contributed by atoms with Crippen molar-refractivity contribution < 1.29 is 9.90 Å². The van der Waals surface area contributed by atoms with Crippen LogP contribution in [0.5, 0.6) is 0 Å². The summed E-state index contributed by atoms with van der Waals surface area (Å²) in [5.74, 6) is -0.428. The topological polar surface area (TPSA) is 75.1 Å². The number of aromatic nitrogens is 2. The number of anilines is 1. The summed E-state index contributed by atoms with van der Waals surface area (Å²) in [6.07, 6.45) is 3.02. The molecule has 0 aliphatic carbocycles. The van der Waals surface area contributed by atoms with Crippen LogP contribution in [0.15, 0.2) is 17.8 Å². The van der Waals surface area contributed by atoms with Crippen LogP contribution in [-0.4, -0.2) is 27.6 Å². The molecule has 0 amide bonds. The minimum absolute atomic E-state index is 0.376. The number of carbonyl (C=O) groups is 1. The Kier molecular flexibility index (Phi) is 4.09. The molecule has 0 radical (unpaired) electrons. The summed E-state index contributed by atoms with van der Waals surface area (Å²) in [5, 5.41) is 15.1. The fraction of sp³-hybridized carbons (Fsp3) is 0.417. The lowest BCUT2D eigenvalue weighted by Gasteiger charge is -2.12. The van der Waals surface area contributed by atoms with Gasteiger partial charge in [0.2, 0.25) is 0 Å². The summed E-state index contributed by atoms with van der Waals surface area (Å²) < 4.78 is 0. The van der Waals surface area contributed by atoms with Crippen molar-refractivity contribution in [1.82, 2.24) is 9.97 Å². The molecule has 0 bridgehead atoms. The number of hydrogen-bond acceptors (Lipinski definition) is 5. The number of nitrogens with zero attached hydrogens (tertiary/aromatic N) is 2. The quantitative estimate of drug-likeness (QED) is 0.839. The normalized spacial score (nSPS) is 12.5. The molecule has 0 fully saturated rings. The number of nitrogens with one attached hydrogen (secondary N) is 1. The molecule has 1 atom stereocenters. The van der Waals surface area contributed by atoms with Gasteiger partial charge in [-0.25, -0.2) is 9.97 Å². The standard InChI is InChI=1S/C12H15N3O2S/c1-2-3-8(12(16)17)6-13-10-9-4-5-18-11(9)15-7-14-10/h4-5,7-8H,2-3,6H2,1H3,(H,16,17)(H,13,14,15). The zero-order valence-corrected chi connectivity index (χ0v) is 10.9. The molecule has 2 heterocycles. The van der Waals surface area contributed by atoms with Crippen LogP contribution in [0.2, 0.25) is 0 Å². The molecule has 2 rings (SSSR count). The second-order valence-corrected chi connectivity index (χ2v) is 4.96. The Bertz CT molecular complexity index is 541. The molecular weight excluding hydrogens is 250 g/mol. The number of hydrogen-bond donors (Lipinski definition) is 2. The van der Waals surface area contributed by atoms with Crippen molar-refractivity contribution in [1.29, 1.82) is 0 Å². The Morgan fingerprint density at radius 1 is 1.56 bits per heavy atom. The summed E-state index contributed by atoms with van der Waals surface area (Å²) in [7, 11) is 0. The molecule has 0 saturated heterocycles. The molecular formula is C12H15N3O2S. The first kappa shape index (κ1) is 12.8. The van der Waals surface area contributed by atoms with Crippen molar-refractivity contribution in [3.8, 4) is 0 Å². The van der Waals surface area contributed by atoms with Crippen molar-refractivity contribution in [2.24, 2.45) is 5.92 Å². The van der Waals surface area contributed by atoms with Crippen molar-refractivity contribution in [2.45, 2.75) is 19.8 Å². The first-order valence-electron chi connectivity index (χ1n) is 5.87. The van der Waals surface area contributed by atoms with Crippen molar-refractivity contribution in [3.63, 3.8) is 0 Å². The Morgan fingerprint density at radius 3 is 3.11 bits per heavy atom. The highest BCUT2D eigenvalue weighted by Gasteiger charge is 2.16. The summed E-state index contributed by atoms with van der Waals surface area (Å²) in [4.78, 5) is 20.3. The van der Waals surface area contributed by atoms with Gasteiger partial charge in [0.15, 0.2) is 0 Å². The third-order valence-electron chi connectivity index (χ3n) is 2.76. The molecule has 2 N–H and O–H groups in total. The lowest BCUT2D eigenvalue weighted by molar-refractivity contribution is -0.141. The predicted octanol–water partition coefficient (Wildman–Crippen LogP) is 2.60. The molecule has 0 spiro atoms. The Labute approximate surface area is 109 Å². The van der Waals surface area contributed by atoms with Gasteiger partial charge in [-0.15, -0.1) is 11.3 Å². The zero-order chi connectivity index (χ0) is 13.0. The smallest absolute Gasteiger partial charge is 0.308 e. The highest BCUT2D eigenvalue weighted by atomic mass is 32.1. The van der Waals surface area contributed by atoms with E-state index in [2.05, 4.69) is 15.3 Å². The fourth-order valence-electron chi connectivity index (χ4n) is 1.81. The van der Waals surface area contributed by atoms with Gasteiger partial charge in [-0.3, -0.25) is 4.79 Å². The highest BCUT2D eigenvalue weighted by Crippen LogP contribution is 2.24. The first-order chi connectivity index (χ1) is 8.72. The van der Waals surface area contributed by atoms with Crippen LogP contribution < -0.4 is 5.32 Å². The molecule has 0 saturated carbocycles. The van der Waals surface area contributed by atoms with Crippen LogP contribution in [0.25, 0.3) is 10.2 Å². The first-order valence-corrected chi connectivity index (χ1v) is 6.75. The van der Waals surface area contributed by atoms with Crippen molar-refractivity contribution in [2.75, 3.05) is 11.9 Å². The summed E-state index contributed by atoms with van der Waals surface area (Å²) in [6, 6.07) is 1.94. The van der Waals surface area contributed by atoms with E-state index in [0.29, 0.717) is 18.8 Å². The van der Waals surface area contributed by atoms with Crippen LogP contribution in [-0.2, 0) is 4.79 Å². The summed E-state index contributed by atoms with van der Waals surface area (Å²) in [6.45, 7) is 2.38. The van der Waals surface area contributed by atoms with Gasteiger partial charge in [0, 0.05) is 6.54 Å². The van der Waals surface area contributed by atoms with Gasteiger partial charge < -0.3 is 10.4 Å². The molecule has 96 valence electrons. The largest absolute Gasteiger partial charge is 0.481 e. The van der Waals surface area contributed by atoms with E-state index in [-0.39, 0.29) is 5.92 Å². The molecule has 0 aliphatic heterocycles. The van der Waals surface area contributed by atoms with E-state index in [0.717, 1.165) is 16.6 Å². The molecule has 18 heavy (non-hydrogen) atoms. The third-order valence-corrected chi connectivity index (χ3v) is 3.58. The van der Waals surface area contributed by atoms with Gasteiger partial charge in [-0.1, -0.05) is 13.3 Å². The number of fused-ring (bicyclic) bond motifs is 1. The lowest BCUT2D eigenvalue weighted by Crippen LogP contribution is -2.23. The highest BCUT2D eigenvalue weighted by molar-refractivity contribution is 7.16. The van der Waals surface area contributed by atoms with E-state index in [1.54, 1.807) is 11.3 Å². The van der Waals surface area contributed by atoms with E-state index >= 15 is 0 Å². The molecule has 0 aromatic carbocycles. The second-order valence-electron chi connectivity index (χ2n) is 4.07. The molecule has 5 nitrogen and oxygen atoms in total. The van der Waals surface area contributed by atoms with Crippen LogP contribution in [0.3, 0.4) is 0 Å². The van der Waals surface area contributed by atoms with Crippen molar-refractivity contribution >= 4 is 33.3 Å². The minimum atomic E-state index is -0.764. The number of carboxylic acid groups (broad SMARTS) is 1. The maximum Gasteiger partial charge on any atom is 0.308 e. The number of thiophene rings is 1. The average molecular weight is 265 g/mol. The molecule has 0 aliphatic rings. The Morgan fingerprint density at radius 2 is 2.39 bits per heavy atom. The summed E-state index contributed by atoms with van der Waals surface area (Å²) in [5.41, 5.74) is 0. The Hall–Kier alpha value is -1.69. The average Bonchev–Trinajstić information content (AvgIpc) is 2.82. The van der Waals surface area contributed by atoms with Gasteiger partial charge in [-0.2, -0.15) is 0 Å². The fourth-order valence-corrected chi connectivity index (χ4v) is 2.54. The molecule has 6 heteroatoms. The number of aliphatic carboxylic acids is 1. The van der Waals surface area contributed by atoms with Crippen LogP contribution in [0, 0.1) is 5.92 Å². The minimum Gasteiger partial charge on any atom is -0.481 e. The maximum atomic E-state index is 11.1. The van der Waals surface area contributed by atoms with Gasteiger partial charge in [0.05, 0.1) is 11.3 Å². The van der Waals surface area contributed by atoms with Crippen LogP contribution in [0.1, 0.15) is 19.8 Å². The van der Waals surface area contributed by atoms with E-state index < -0.39 is 5.97 Å². The molecule has 2 aromatic rings. The second kappa shape index (κ2) is 5.77. The van der Waals surface area contributed by atoms with Crippen LogP contribution >= 0.6 is 11.3 Å². The summed E-state index contributed by atoms with van der Waals surface area (Å²) >= 11 is 1.54. The van der Waals surface area contributed by atoms with Crippen LogP contribution in [0.4, 0.5) is 5.82 Å². The third kappa shape index (κ3) is 2.76. The van der Waals surface area contributed by atoms with Gasteiger partial charge in [0.25, 0.3) is 0 Å². The molecule has 2 aromatic heterocycles. The van der Waals surface area contributed by atoms with E-state index in [1.807, 2.05) is 18.4 Å².